The fourth-order valence-electron chi connectivity index (χ4n) is 4.32. The van der Waals surface area contributed by atoms with E-state index < -0.39 is 29.7 Å². The molecule has 4 rings (SSSR count). The molecule has 1 atom stereocenters. The summed E-state index contributed by atoms with van der Waals surface area (Å²) in [5, 5.41) is 1.92. The third-order valence-corrected chi connectivity index (χ3v) is 6.06. The Labute approximate surface area is 189 Å². The van der Waals surface area contributed by atoms with Crippen LogP contribution in [0.4, 0.5) is 13.2 Å². The van der Waals surface area contributed by atoms with Gasteiger partial charge in [0.2, 0.25) is 0 Å². The van der Waals surface area contributed by atoms with Gasteiger partial charge in [-0.15, -0.1) is 0 Å². The molecule has 1 aliphatic carbocycles. The van der Waals surface area contributed by atoms with Crippen LogP contribution in [0.1, 0.15) is 48.0 Å². The van der Waals surface area contributed by atoms with Gasteiger partial charge in [0.05, 0.1) is 7.11 Å². The van der Waals surface area contributed by atoms with E-state index in [2.05, 4.69) is 4.99 Å². The number of aliphatic imine (C=N–C) groups is 1. The van der Waals surface area contributed by atoms with Crippen molar-refractivity contribution in [3.05, 3.63) is 65.7 Å². The first kappa shape index (κ1) is 22.8. The number of benzene rings is 2. The molecule has 174 valence electrons. The molecule has 1 N–H and O–H groups in total. The number of amides is 2. The van der Waals surface area contributed by atoms with E-state index in [1.165, 1.54) is 31.4 Å². The highest BCUT2D eigenvalue weighted by atomic mass is 19.4. The monoisotopic (exact) mass is 459 g/mol. The van der Waals surface area contributed by atoms with Crippen molar-refractivity contribution in [1.29, 1.82) is 0 Å². The van der Waals surface area contributed by atoms with Crippen LogP contribution in [0.25, 0.3) is 0 Å². The molecule has 33 heavy (non-hydrogen) atoms. The van der Waals surface area contributed by atoms with E-state index in [0.29, 0.717) is 24.2 Å². The van der Waals surface area contributed by atoms with Crippen molar-refractivity contribution in [2.45, 2.75) is 50.0 Å². The lowest BCUT2D eigenvalue weighted by atomic mass is 9.93. The van der Waals surface area contributed by atoms with Gasteiger partial charge in [0.25, 0.3) is 11.8 Å². The highest BCUT2D eigenvalue weighted by Gasteiger charge is 2.67. The SMILES string of the molecule is COc1ccc(C(=O)N[C@]2(C(F)(F)F)N=C(c3ccccc3)N(C3CCCCC3)C2=O)cc1. The second-order valence-corrected chi connectivity index (χ2v) is 8.16. The molecule has 6 nitrogen and oxygen atoms in total. The van der Waals surface area contributed by atoms with E-state index in [9.17, 15) is 22.8 Å². The van der Waals surface area contributed by atoms with Gasteiger partial charge in [-0.05, 0) is 37.1 Å². The van der Waals surface area contributed by atoms with Gasteiger partial charge in [0.1, 0.15) is 11.6 Å². The standard InChI is InChI=1S/C24H24F3N3O3/c1-33-19-14-12-17(13-15-19)21(31)29-23(24(25,26)27)22(32)30(18-10-6-3-7-11-18)20(28-23)16-8-4-2-5-9-16/h2,4-5,8-9,12-15,18H,3,6-7,10-11H2,1H3,(H,29,31)/t23-/m1/s1. The van der Waals surface area contributed by atoms with Crippen molar-refractivity contribution in [3.63, 3.8) is 0 Å². The molecule has 9 heteroatoms. The second-order valence-electron chi connectivity index (χ2n) is 8.16. The Morgan fingerprint density at radius 3 is 2.27 bits per heavy atom. The van der Waals surface area contributed by atoms with Crippen LogP contribution >= 0.6 is 0 Å². The lowest BCUT2D eigenvalue weighted by Gasteiger charge is -2.34. The van der Waals surface area contributed by atoms with Crippen LogP contribution in [0.2, 0.25) is 0 Å². The minimum Gasteiger partial charge on any atom is -0.497 e. The van der Waals surface area contributed by atoms with Crippen LogP contribution in [0.15, 0.2) is 59.6 Å². The molecule has 2 aromatic carbocycles. The number of carbonyl (C=O) groups excluding carboxylic acids is 2. The summed E-state index contributed by atoms with van der Waals surface area (Å²) in [6.07, 6.45) is -1.39. The lowest BCUT2D eigenvalue weighted by Crippen LogP contribution is -2.64. The number of rotatable bonds is 5. The highest BCUT2D eigenvalue weighted by molar-refractivity contribution is 6.17. The summed E-state index contributed by atoms with van der Waals surface area (Å²) < 4.78 is 48.5. The predicted molar refractivity (Wildman–Crippen MR) is 116 cm³/mol. The summed E-state index contributed by atoms with van der Waals surface area (Å²) >= 11 is 0. The molecule has 1 saturated carbocycles. The number of nitrogens with one attached hydrogen (secondary N) is 1. The van der Waals surface area contributed by atoms with Crippen LogP contribution in [-0.4, -0.2) is 47.5 Å². The van der Waals surface area contributed by atoms with Gasteiger partial charge in [-0.1, -0.05) is 49.6 Å². The number of methoxy groups -OCH3 is 1. The summed E-state index contributed by atoms with van der Waals surface area (Å²) in [6, 6.07) is 13.5. The predicted octanol–water partition coefficient (Wildman–Crippen LogP) is 4.31. The molecule has 0 radical (unpaired) electrons. The molecule has 0 spiro atoms. The maximum absolute atomic E-state index is 14.5. The largest absolute Gasteiger partial charge is 0.497 e. The zero-order valence-electron chi connectivity index (χ0n) is 18.1. The van der Waals surface area contributed by atoms with E-state index in [-0.39, 0.29) is 11.4 Å². The van der Waals surface area contributed by atoms with Crippen molar-refractivity contribution < 1.29 is 27.5 Å². The van der Waals surface area contributed by atoms with Gasteiger partial charge in [-0.25, -0.2) is 4.99 Å². The van der Waals surface area contributed by atoms with Gasteiger partial charge >= 0.3 is 11.8 Å². The Kier molecular flexibility index (Phi) is 6.14. The summed E-state index contributed by atoms with van der Waals surface area (Å²) in [5.74, 6) is -1.95. The van der Waals surface area contributed by atoms with Gasteiger partial charge in [-0.2, -0.15) is 13.2 Å². The van der Waals surface area contributed by atoms with Crippen LogP contribution < -0.4 is 10.1 Å². The number of halogens is 3. The van der Waals surface area contributed by atoms with E-state index in [1.807, 2.05) is 5.32 Å². The Balaban J connectivity index is 1.77. The van der Waals surface area contributed by atoms with E-state index in [4.69, 9.17) is 4.74 Å². The number of nitrogens with zero attached hydrogens (tertiary/aromatic N) is 2. The topological polar surface area (TPSA) is 71.0 Å². The van der Waals surface area contributed by atoms with E-state index in [0.717, 1.165) is 24.2 Å². The average Bonchev–Trinajstić information content (AvgIpc) is 3.13. The molecule has 2 amide bonds. The quantitative estimate of drug-likeness (QED) is 0.725. The molecular weight excluding hydrogens is 435 g/mol. The summed E-state index contributed by atoms with van der Waals surface area (Å²) in [6.45, 7) is 0. The van der Waals surface area contributed by atoms with Gasteiger partial charge in [0, 0.05) is 17.2 Å². The normalized spacial score (nSPS) is 21.6. The number of carbonyl (C=O) groups is 2. The molecular formula is C24H24F3N3O3. The lowest BCUT2D eigenvalue weighted by molar-refractivity contribution is -0.197. The van der Waals surface area contributed by atoms with Gasteiger partial charge < -0.3 is 10.1 Å². The van der Waals surface area contributed by atoms with Crippen molar-refractivity contribution >= 4 is 17.6 Å². The van der Waals surface area contributed by atoms with Crippen LogP contribution in [0, 0.1) is 0 Å². The summed E-state index contributed by atoms with van der Waals surface area (Å²) in [4.78, 5) is 31.4. The number of amidine groups is 1. The van der Waals surface area contributed by atoms with Crippen LogP contribution in [0.3, 0.4) is 0 Å². The zero-order chi connectivity index (χ0) is 23.6. The van der Waals surface area contributed by atoms with E-state index >= 15 is 0 Å². The van der Waals surface area contributed by atoms with Crippen molar-refractivity contribution in [2.75, 3.05) is 7.11 Å². The fraction of sp³-hybridized carbons (Fsp3) is 0.375. The number of hydrogen-bond acceptors (Lipinski definition) is 4. The Morgan fingerprint density at radius 1 is 1.06 bits per heavy atom. The molecule has 2 aromatic rings. The molecule has 0 saturated heterocycles. The Hall–Kier alpha value is -3.36. The molecule has 0 unspecified atom stereocenters. The Morgan fingerprint density at radius 2 is 1.70 bits per heavy atom. The number of ether oxygens (including phenoxy) is 1. The third kappa shape index (κ3) is 4.19. The molecule has 1 heterocycles. The van der Waals surface area contributed by atoms with Crippen LogP contribution in [0.5, 0.6) is 5.75 Å². The molecule has 1 fully saturated rings. The average molecular weight is 459 g/mol. The van der Waals surface area contributed by atoms with Gasteiger partial charge in [0.15, 0.2) is 0 Å². The minimum atomic E-state index is -5.14. The van der Waals surface area contributed by atoms with Crippen LogP contribution in [-0.2, 0) is 4.79 Å². The maximum Gasteiger partial charge on any atom is 0.442 e. The summed E-state index contributed by atoms with van der Waals surface area (Å²) in [7, 11) is 1.44. The number of alkyl halides is 3. The zero-order valence-corrected chi connectivity index (χ0v) is 18.1. The van der Waals surface area contributed by atoms with Crippen molar-refractivity contribution in [3.8, 4) is 5.75 Å². The molecule has 1 aliphatic heterocycles. The minimum absolute atomic E-state index is 0.0418. The smallest absolute Gasteiger partial charge is 0.442 e. The van der Waals surface area contributed by atoms with E-state index in [1.54, 1.807) is 30.3 Å². The van der Waals surface area contributed by atoms with Crippen molar-refractivity contribution in [2.24, 2.45) is 4.99 Å². The number of hydrogen-bond donors (Lipinski definition) is 1. The third-order valence-electron chi connectivity index (χ3n) is 6.06. The van der Waals surface area contributed by atoms with Crippen molar-refractivity contribution in [1.82, 2.24) is 10.2 Å². The van der Waals surface area contributed by atoms with Gasteiger partial charge in [-0.3, -0.25) is 14.5 Å². The maximum atomic E-state index is 14.5. The first-order valence-corrected chi connectivity index (χ1v) is 10.8. The highest BCUT2D eigenvalue weighted by Crippen LogP contribution is 2.41. The second kappa shape index (κ2) is 8.88. The Bertz CT molecular complexity index is 1050. The first-order valence-electron chi connectivity index (χ1n) is 10.8. The molecule has 0 aromatic heterocycles. The summed E-state index contributed by atoms with van der Waals surface area (Å²) in [5.41, 5.74) is -3.05. The molecule has 2 aliphatic rings. The first-order chi connectivity index (χ1) is 15.8. The molecule has 0 bridgehead atoms. The fourth-order valence-corrected chi connectivity index (χ4v) is 4.32.